The molecule has 20 heavy (non-hydrogen) atoms. The smallest absolute Gasteiger partial charge is 0.396 e. The van der Waals surface area contributed by atoms with Crippen LogP contribution < -0.4 is 16.6 Å². The lowest BCUT2D eigenvalue weighted by Crippen LogP contribution is -2.10. The maximum Gasteiger partial charge on any atom is 0.446 e. The number of anilines is 3. The van der Waals surface area contributed by atoms with Crippen LogP contribution in [0, 0.1) is 0 Å². The Balaban J connectivity index is 2.34. The number of aromatic nitrogens is 1. The lowest BCUT2D eigenvalue weighted by molar-refractivity contribution is -0.0327. The van der Waals surface area contributed by atoms with E-state index in [0.717, 1.165) is 0 Å². The van der Waals surface area contributed by atoms with Crippen molar-refractivity contribution in [1.29, 1.82) is 0 Å². The molecule has 4 nitrogen and oxygen atoms in total. The molecule has 1 aromatic carbocycles. The minimum Gasteiger partial charge on any atom is -0.396 e. The molecule has 2 rings (SSSR count). The number of nitrogens with one attached hydrogen (secondary N) is 2. The predicted molar refractivity (Wildman–Crippen MR) is 73.1 cm³/mol. The van der Waals surface area contributed by atoms with Gasteiger partial charge in [0, 0.05) is 11.0 Å². The van der Waals surface area contributed by atoms with Crippen LogP contribution in [0.3, 0.4) is 0 Å². The number of benzene rings is 1. The Morgan fingerprint density at radius 2 is 1.85 bits per heavy atom. The molecule has 0 aliphatic heterocycles. The number of thioether (sulfide) groups is 1. The van der Waals surface area contributed by atoms with Gasteiger partial charge in [-0.15, -0.1) is 0 Å². The number of hydrogen-bond acceptors (Lipinski definition) is 4. The fourth-order valence-corrected chi connectivity index (χ4v) is 2.13. The zero-order valence-corrected chi connectivity index (χ0v) is 10.8. The molecular weight excluding hydrogens is 291 g/mol. The Kier molecular flexibility index (Phi) is 3.93. The van der Waals surface area contributed by atoms with Crippen LogP contribution in [0.5, 0.6) is 0 Å². The third-order valence-corrected chi connectivity index (χ3v) is 3.13. The Morgan fingerprint density at radius 1 is 1.15 bits per heavy atom. The molecule has 0 aliphatic rings. The molecule has 1 aromatic heterocycles. The van der Waals surface area contributed by atoms with E-state index in [1.165, 1.54) is 30.3 Å². The molecule has 0 bridgehead atoms. The fraction of sp³-hybridized carbons (Fsp3) is 0.0833. The van der Waals surface area contributed by atoms with Crippen molar-refractivity contribution in [3.8, 4) is 0 Å². The van der Waals surface area contributed by atoms with Crippen LogP contribution in [0.25, 0.3) is 0 Å². The summed E-state index contributed by atoms with van der Waals surface area (Å²) in [5.74, 6) is 0.160. The van der Waals surface area contributed by atoms with E-state index in [1.807, 2.05) is 0 Å². The van der Waals surface area contributed by atoms with Crippen molar-refractivity contribution in [1.82, 2.24) is 4.98 Å². The monoisotopic (exact) mass is 301 g/mol. The summed E-state index contributed by atoms with van der Waals surface area (Å²) in [7, 11) is 0. The highest BCUT2D eigenvalue weighted by Crippen LogP contribution is 2.41. The second kappa shape index (κ2) is 5.49. The van der Waals surface area contributed by atoms with Crippen LogP contribution in [0.1, 0.15) is 0 Å². The highest BCUT2D eigenvalue weighted by atomic mass is 32.2. The summed E-state index contributed by atoms with van der Waals surface area (Å²) in [6.45, 7) is 0. The largest absolute Gasteiger partial charge is 0.446 e. The van der Waals surface area contributed by atoms with Crippen molar-refractivity contribution in [2.75, 3.05) is 11.1 Å². The average Bonchev–Trinajstić information content (AvgIpc) is 2.34. The average molecular weight is 301 g/mol. The third-order valence-electron chi connectivity index (χ3n) is 2.32. The van der Waals surface area contributed by atoms with Gasteiger partial charge in [0.1, 0.15) is 5.82 Å². The zero-order valence-electron chi connectivity index (χ0n) is 9.99. The molecule has 0 amide bonds. The summed E-state index contributed by atoms with van der Waals surface area (Å²) >= 11 is -0.239. The van der Waals surface area contributed by atoms with Gasteiger partial charge in [-0.1, -0.05) is 12.1 Å². The fourth-order valence-electron chi connectivity index (χ4n) is 1.51. The first kappa shape index (κ1) is 14.3. The Bertz CT molecular complexity index is 669. The molecule has 0 saturated carbocycles. The molecule has 2 aromatic rings. The van der Waals surface area contributed by atoms with Crippen LogP contribution in [-0.2, 0) is 0 Å². The maximum atomic E-state index is 12.5. The van der Waals surface area contributed by atoms with Crippen molar-refractivity contribution in [2.24, 2.45) is 0 Å². The topological polar surface area (TPSA) is 70.9 Å². The first-order valence-corrected chi connectivity index (χ1v) is 6.27. The molecule has 0 spiro atoms. The molecule has 8 heteroatoms. The van der Waals surface area contributed by atoms with Gasteiger partial charge in [0.05, 0.1) is 11.4 Å². The van der Waals surface area contributed by atoms with Crippen molar-refractivity contribution < 1.29 is 13.2 Å². The molecule has 0 saturated heterocycles. The lowest BCUT2D eigenvalue weighted by atomic mass is 10.3. The lowest BCUT2D eigenvalue weighted by Gasteiger charge is -2.13. The van der Waals surface area contributed by atoms with Gasteiger partial charge in [-0.2, -0.15) is 13.2 Å². The summed E-state index contributed by atoms with van der Waals surface area (Å²) in [5, 5.41) is 2.70. The second-order valence-corrected chi connectivity index (χ2v) is 4.93. The molecule has 4 N–H and O–H groups in total. The number of rotatable bonds is 3. The van der Waals surface area contributed by atoms with Crippen LogP contribution in [0.4, 0.5) is 30.4 Å². The van der Waals surface area contributed by atoms with E-state index in [4.69, 9.17) is 5.73 Å². The number of alkyl halides is 3. The minimum atomic E-state index is -4.40. The number of nitrogen functional groups attached to an aromatic ring is 1. The first-order valence-electron chi connectivity index (χ1n) is 5.46. The number of halogens is 3. The molecule has 0 aliphatic carbocycles. The summed E-state index contributed by atoms with van der Waals surface area (Å²) in [5.41, 5.74) is 1.30. The van der Waals surface area contributed by atoms with E-state index in [0.29, 0.717) is 0 Å². The van der Waals surface area contributed by atoms with Gasteiger partial charge in [0.2, 0.25) is 5.56 Å². The van der Waals surface area contributed by atoms with Gasteiger partial charge >= 0.3 is 5.51 Å². The summed E-state index contributed by atoms with van der Waals surface area (Å²) in [4.78, 5) is 13.6. The Hall–Kier alpha value is -2.09. The van der Waals surface area contributed by atoms with E-state index >= 15 is 0 Å². The van der Waals surface area contributed by atoms with Crippen LogP contribution in [-0.4, -0.2) is 10.5 Å². The number of aromatic amines is 1. The van der Waals surface area contributed by atoms with Gasteiger partial charge < -0.3 is 16.0 Å². The second-order valence-electron chi connectivity index (χ2n) is 3.82. The molecular formula is C12H10F3N3OS. The van der Waals surface area contributed by atoms with E-state index in [9.17, 15) is 18.0 Å². The van der Waals surface area contributed by atoms with Crippen molar-refractivity contribution >= 4 is 29.0 Å². The normalized spacial score (nSPS) is 11.3. The van der Waals surface area contributed by atoms with Gasteiger partial charge in [-0.3, -0.25) is 4.79 Å². The summed E-state index contributed by atoms with van der Waals surface area (Å²) in [6.07, 6.45) is 0. The highest BCUT2D eigenvalue weighted by molar-refractivity contribution is 8.00. The number of H-pyrrole nitrogens is 1. The van der Waals surface area contributed by atoms with Gasteiger partial charge in [0.15, 0.2) is 0 Å². The standard InChI is InChI=1S/C12H10F3N3OS/c13-12(14,15)20-9-4-2-1-3-8(9)17-11-7(16)5-6-10(19)18-11/h1-6H,16H2,(H2,17,18,19). The predicted octanol–water partition coefficient (Wildman–Crippen LogP) is 3.31. The van der Waals surface area contributed by atoms with E-state index in [2.05, 4.69) is 10.3 Å². The summed E-state index contributed by atoms with van der Waals surface area (Å²) in [6, 6.07) is 8.49. The molecule has 0 unspecified atom stereocenters. The van der Waals surface area contributed by atoms with Crippen LogP contribution >= 0.6 is 11.8 Å². The van der Waals surface area contributed by atoms with E-state index in [-0.39, 0.29) is 33.9 Å². The highest BCUT2D eigenvalue weighted by Gasteiger charge is 2.30. The van der Waals surface area contributed by atoms with E-state index < -0.39 is 11.1 Å². The number of hydrogen-bond donors (Lipinski definition) is 3. The number of nitrogens with two attached hydrogens (primary N) is 1. The van der Waals surface area contributed by atoms with Crippen molar-refractivity contribution in [3.05, 3.63) is 46.8 Å². The Morgan fingerprint density at radius 3 is 2.55 bits per heavy atom. The van der Waals surface area contributed by atoms with Crippen LogP contribution in [0.15, 0.2) is 46.1 Å². The minimum absolute atomic E-state index is 0.0101. The molecule has 106 valence electrons. The van der Waals surface area contributed by atoms with Gasteiger partial charge in [-0.05, 0) is 30.0 Å². The van der Waals surface area contributed by atoms with E-state index in [1.54, 1.807) is 6.07 Å². The Labute approximate surface area is 116 Å². The third kappa shape index (κ3) is 3.70. The molecule has 0 radical (unpaired) electrons. The molecule has 0 fully saturated rings. The number of para-hydroxylation sites is 1. The van der Waals surface area contributed by atoms with Crippen LogP contribution in [0.2, 0.25) is 0 Å². The van der Waals surface area contributed by atoms with Crippen molar-refractivity contribution in [3.63, 3.8) is 0 Å². The van der Waals surface area contributed by atoms with Gasteiger partial charge in [0.25, 0.3) is 0 Å². The molecule has 1 heterocycles. The first-order chi connectivity index (χ1) is 9.35. The quantitative estimate of drug-likeness (QED) is 0.761. The SMILES string of the molecule is Nc1ccc(=O)[nH]c1Nc1ccccc1SC(F)(F)F. The van der Waals surface area contributed by atoms with Gasteiger partial charge in [-0.25, -0.2) is 0 Å². The molecule has 0 atom stereocenters. The summed E-state index contributed by atoms with van der Waals surface area (Å²) < 4.78 is 37.4. The number of pyridine rings is 1. The maximum absolute atomic E-state index is 12.5. The zero-order chi connectivity index (χ0) is 14.8. The van der Waals surface area contributed by atoms with Crippen molar-refractivity contribution in [2.45, 2.75) is 10.4 Å².